The Morgan fingerprint density at radius 2 is 1.79 bits per heavy atom. The lowest BCUT2D eigenvalue weighted by molar-refractivity contribution is -0.156. The number of rotatable bonds is 10. The summed E-state index contributed by atoms with van der Waals surface area (Å²) in [5, 5.41) is 9.17. The summed E-state index contributed by atoms with van der Waals surface area (Å²) in [5.41, 5.74) is -1.02. The summed E-state index contributed by atoms with van der Waals surface area (Å²) in [6.07, 6.45) is 2.88. The molecule has 1 unspecified atom stereocenters. The van der Waals surface area contributed by atoms with Crippen molar-refractivity contribution in [3.8, 4) is 0 Å². The van der Waals surface area contributed by atoms with Gasteiger partial charge >= 0.3 is 5.97 Å². The number of aliphatic carboxylic acids is 1. The fourth-order valence-electron chi connectivity index (χ4n) is 1.82. The average molecular weight is 272 g/mol. The van der Waals surface area contributed by atoms with Crippen LogP contribution in [-0.4, -0.2) is 29.1 Å². The summed E-state index contributed by atoms with van der Waals surface area (Å²) in [4.78, 5) is 23.5. The summed E-state index contributed by atoms with van der Waals surface area (Å²) in [5.74, 6) is -1.81. The monoisotopic (exact) mass is 272 g/mol. The molecule has 4 heteroatoms. The number of Topliss-reactive ketones (excluding diaryl/α,β-unsaturated/α-hetero) is 1. The van der Waals surface area contributed by atoms with Crippen LogP contribution in [-0.2, 0) is 14.3 Å². The van der Waals surface area contributed by atoms with Crippen molar-refractivity contribution < 1.29 is 19.4 Å². The van der Waals surface area contributed by atoms with Crippen molar-refractivity contribution in [1.29, 1.82) is 0 Å². The Kier molecular flexibility index (Phi) is 7.91. The van der Waals surface area contributed by atoms with Crippen LogP contribution in [0.15, 0.2) is 0 Å². The quantitative estimate of drug-likeness (QED) is 0.620. The predicted octanol–water partition coefficient (Wildman–Crippen LogP) is 3.29. The molecule has 0 aliphatic rings. The highest BCUT2D eigenvalue weighted by Gasteiger charge is 2.38. The Labute approximate surface area is 116 Å². The lowest BCUT2D eigenvalue weighted by Gasteiger charge is -2.27. The van der Waals surface area contributed by atoms with Gasteiger partial charge in [-0.25, -0.2) is 0 Å². The molecule has 0 spiro atoms. The minimum atomic E-state index is -1.04. The third-order valence-corrected chi connectivity index (χ3v) is 3.21. The Morgan fingerprint density at radius 1 is 1.21 bits per heavy atom. The molecule has 0 aromatic rings. The maximum Gasteiger partial charge on any atom is 0.314 e. The van der Waals surface area contributed by atoms with Gasteiger partial charge in [0.15, 0.2) is 5.78 Å². The van der Waals surface area contributed by atoms with Crippen molar-refractivity contribution in [2.45, 2.75) is 65.9 Å². The Morgan fingerprint density at radius 3 is 2.21 bits per heavy atom. The largest absolute Gasteiger partial charge is 0.481 e. The third kappa shape index (κ3) is 6.71. The first-order valence-electron chi connectivity index (χ1n) is 7.13. The number of unbranched alkanes of at least 4 members (excludes halogenated alkanes) is 1. The Bertz CT molecular complexity index is 295. The van der Waals surface area contributed by atoms with E-state index in [-0.39, 0.29) is 5.78 Å². The predicted molar refractivity (Wildman–Crippen MR) is 75.1 cm³/mol. The van der Waals surface area contributed by atoms with Crippen LogP contribution in [0.3, 0.4) is 0 Å². The average Bonchev–Trinajstić information content (AvgIpc) is 2.27. The number of ether oxygens (including phenoxy) is 1. The van der Waals surface area contributed by atoms with Crippen LogP contribution >= 0.6 is 0 Å². The lowest BCUT2D eigenvalue weighted by Crippen LogP contribution is -2.42. The van der Waals surface area contributed by atoms with Crippen LogP contribution in [0.2, 0.25) is 0 Å². The zero-order chi connectivity index (χ0) is 15.1. The molecule has 0 aromatic heterocycles. The fourth-order valence-corrected chi connectivity index (χ4v) is 1.82. The van der Waals surface area contributed by atoms with Crippen LogP contribution in [0.25, 0.3) is 0 Å². The molecule has 1 N–H and O–H groups in total. The third-order valence-electron chi connectivity index (χ3n) is 3.21. The molecular weight excluding hydrogens is 244 g/mol. The molecule has 0 amide bonds. The summed E-state index contributed by atoms with van der Waals surface area (Å²) in [6, 6.07) is 0. The van der Waals surface area contributed by atoms with E-state index in [1.807, 2.05) is 6.92 Å². The van der Waals surface area contributed by atoms with Crippen LogP contribution < -0.4 is 0 Å². The fraction of sp³-hybridized carbons (Fsp3) is 0.867. The molecule has 0 radical (unpaired) electrons. The molecule has 0 aromatic carbocycles. The number of carboxylic acids is 1. The molecule has 1 atom stereocenters. The van der Waals surface area contributed by atoms with Crippen molar-refractivity contribution in [2.24, 2.45) is 11.8 Å². The highest BCUT2D eigenvalue weighted by Crippen LogP contribution is 2.22. The van der Waals surface area contributed by atoms with E-state index < -0.39 is 17.5 Å². The minimum absolute atomic E-state index is 0.322. The topological polar surface area (TPSA) is 63.6 Å². The Balaban J connectivity index is 4.57. The van der Waals surface area contributed by atoms with Gasteiger partial charge in [0, 0.05) is 6.61 Å². The molecule has 19 heavy (non-hydrogen) atoms. The van der Waals surface area contributed by atoms with E-state index in [1.165, 1.54) is 0 Å². The molecule has 112 valence electrons. The van der Waals surface area contributed by atoms with Gasteiger partial charge < -0.3 is 9.84 Å². The number of ketones is 1. The highest BCUT2D eigenvalue weighted by molar-refractivity contribution is 6.02. The molecule has 0 aliphatic carbocycles. The first-order chi connectivity index (χ1) is 8.72. The Hall–Kier alpha value is -0.900. The first kappa shape index (κ1) is 18.1. The molecule has 0 rings (SSSR count). The van der Waals surface area contributed by atoms with E-state index in [0.29, 0.717) is 18.9 Å². The van der Waals surface area contributed by atoms with Gasteiger partial charge in [-0.3, -0.25) is 9.59 Å². The van der Waals surface area contributed by atoms with Gasteiger partial charge in [0.1, 0.15) is 11.5 Å². The molecule has 0 fully saturated rings. The highest BCUT2D eigenvalue weighted by atomic mass is 16.5. The molecule has 0 saturated carbocycles. The normalized spacial score (nSPS) is 13.6. The zero-order valence-corrected chi connectivity index (χ0v) is 12.9. The van der Waals surface area contributed by atoms with Gasteiger partial charge in [0.2, 0.25) is 0 Å². The van der Waals surface area contributed by atoms with Gasteiger partial charge in [-0.2, -0.15) is 0 Å². The van der Waals surface area contributed by atoms with Crippen LogP contribution in [0.4, 0.5) is 0 Å². The van der Waals surface area contributed by atoms with E-state index in [4.69, 9.17) is 4.74 Å². The number of hydrogen-bond acceptors (Lipinski definition) is 3. The number of carboxylic acid groups (broad SMARTS) is 1. The first-order valence-corrected chi connectivity index (χ1v) is 7.13. The second-order valence-corrected chi connectivity index (χ2v) is 5.94. The second-order valence-electron chi connectivity index (χ2n) is 5.94. The summed E-state index contributed by atoms with van der Waals surface area (Å²) in [7, 11) is 0. The van der Waals surface area contributed by atoms with Gasteiger partial charge in [-0.1, -0.05) is 33.6 Å². The SMILES string of the molecule is CCCCC(C(=O)O)C(=O)C(C)(C)OCCC(C)C. The number of hydrogen-bond donors (Lipinski definition) is 1. The molecule has 0 heterocycles. The second kappa shape index (κ2) is 8.31. The summed E-state index contributed by atoms with van der Waals surface area (Å²) >= 11 is 0. The minimum Gasteiger partial charge on any atom is -0.481 e. The van der Waals surface area contributed by atoms with Gasteiger partial charge in [0.25, 0.3) is 0 Å². The maximum absolute atomic E-state index is 12.3. The smallest absolute Gasteiger partial charge is 0.314 e. The molecule has 0 aliphatic heterocycles. The molecule has 0 bridgehead atoms. The standard InChI is InChI=1S/C15H28O4/c1-6-7-8-12(14(17)18)13(16)15(4,5)19-10-9-11(2)3/h11-12H,6-10H2,1-5H3,(H,17,18). The van der Waals surface area contributed by atoms with Crippen molar-refractivity contribution in [2.75, 3.05) is 6.61 Å². The van der Waals surface area contributed by atoms with Gasteiger partial charge in [-0.15, -0.1) is 0 Å². The van der Waals surface area contributed by atoms with E-state index in [2.05, 4.69) is 13.8 Å². The molecule has 4 nitrogen and oxygen atoms in total. The lowest BCUT2D eigenvalue weighted by atomic mass is 9.88. The maximum atomic E-state index is 12.3. The molecule has 0 saturated heterocycles. The van der Waals surface area contributed by atoms with E-state index >= 15 is 0 Å². The summed E-state index contributed by atoms with van der Waals surface area (Å²) in [6.45, 7) is 9.96. The van der Waals surface area contributed by atoms with Crippen molar-refractivity contribution in [3.63, 3.8) is 0 Å². The van der Waals surface area contributed by atoms with Crippen molar-refractivity contribution in [3.05, 3.63) is 0 Å². The van der Waals surface area contributed by atoms with Crippen LogP contribution in [0, 0.1) is 11.8 Å². The van der Waals surface area contributed by atoms with Gasteiger partial charge in [-0.05, 0) is 32.6 Å². The number of carbonyl (C=O) groups excluding carboxylic acids is 1. The van der Waals surface area contributed by atoms with Crippen LogP contribution in [0.1, 0.15) is 60.3 Å². The summed E-state index contributed by atoms with van der Waals surface area (Å²) < 4.78 is 5.60. The van der Waals surface area contributed by atoms with E-state index in [9.17, 15) is 14.7 Å². The van der Waals surface area contributed by atoms with E-state index in [1.54, 1.807) is 13.8 Å². The van der Waals surface area contributed by atoms with Gasteiger partial charge in [0.05, 0.1) is 0 Å². The zero-order valence-electron chi connectivity index (χ0n) is 12.9. The molecular formula is C15H28O4. The van der Waals surface area contributed by atoms with Crippen molar-refractivity contribution >= 4 is 11.8 Å². The number of carbonyl (C=O) groups is 2. The van der Waals surface area contributed by atoms with E-state index in [0.717, 1.165) is 19.3 Å². The van der Waals surface area contributed by atoms with Crippen molar-refractivity contribution in [1.82, 2.24) is 0 Å². The van der Waals surface area contributed by atoms with Crippen LogP contribution in [0.5, 0.6) is 0 Å².